The molecule has 10 heteroatoms. The van der Waals surface area contributed by atoms with Crippen LogP contribution in [-0.4, -0.2) is 47.9 Å². The van der Waals surface area contributed by atoms with Gasteiger partial charge in [-0.05, 0) is 70.1 Å². The third-order valence-electron chi connectivity index (χ3n) is 7.39. The Morgan fingerprint density at radius 2 is 1.24 bits per heavy atom. The Kier molecular flexibility index (Phi) is 13.8. The molecule has 0 aromatic heterocycles. The van der Waals surface area contributed by atoms with Gasteiger partial charge < -0.3 is 29.4 Å². The monoisotopic (exact) mass is 579 g/mol. The minimum atomic E-state index is -1.07. The van der Waals surface area contributed by atoms with Gasteiger partial charge in [-0.3, -0.25) is 14.4 Å². The van der Waals surface area contributed by atoms with Gasteiger partial charge in [0.05, 0.1) is 11.8 Å². The van der Waals surface area contributed by atoms with Crippen molar-refractivity contribution in [2.45, 2.75) is 113 Å². The zero-order valence-corrected chi connectivity index (χ0v) is 26.4. The lowest BCUT2D eigenvalue weighted by molar-refractivity contribution is -0.156. The van der Waals surface area contributed by atoms with Crippen molar-refractivity contribution in [2.75, 3.05) is 0 Å². The van der Waals surface area contributed by atoms with E-state index in [1.165, 1.54) is 12.1 Å². The van der Waals surface area contributed by atoms with E-state index < -0.39 is 53.8 Å². The lowest BCUT2D eigenvalue weighted by Gasteiger charge is -2.26. The summed E-state index contributed by atoms with van der Waals surface area (Å²) >= 11 is 0. The van der Waals surface area contributed by atoms with Crippen LogP contribution in [0.25, 0.3) is 0 Å². The Hall–Kier alpha value is -3.14. The predicted octanol–water partition coefficient (Wildman–Crippen LogP) is 5.61. The maximum atomic E-state index is 12.7. The lowest BCUT2D eigenvalue weighted by Crippen LogP contribution is -2.40. The SMILES string of the molecule is CCC(C)(C)OC(=O)OC(C)[C@H](C)OC(=O)[C@@H](N)Cc1ccc(OC(=O)C(C)C(C)C)c(OC(=O)C(C)C(C)C)c1. The fourth-order valence-corrected chi connectivity index (χ4v) is 3.06. The number of hydrogen-bond acceptors (Lipinski definition) is 10. The minimum Gasteiger partial charge on any atom is -0.458 e. The molecule has 0 spiro atoms. The highest BCUT2D eigenvalue weighted by atomic mass is 16.7. The Labute approximate surface area is 244 Å². The summed E-state index contributed by atoms with van der Waals surface area (Å²) in [7, 11) is 0. The smallest absolute Gasteiger partial charge is 0.458 e. The van der Waals surface area contributed by atoms with Crippen molar-refractivity contribution in [2.24, 2.45) is 29.4 Å². The van der Waals surface area contributed by atoms with Crippen LogP contribution in [0.1, 0.15) is 88.1 Å². The first kappa shape index (κ1) is 35.9. The van der Waals surface area contributed by atoms with E-state index >= 15 is 0 Å². The van der Waals surface area contributed by atoms with Crippen LogP contribution in [0.15, 0.2) is 18.2 Å². The van der Waals surface area contributed by atoms with Crippen molar-refractivity contribution in [3.05, 3.63) is 23.8 Å². The van der Waals surface area contributed by atoms with Gasteiger partial charge in [-0.15, -0.1) is 0 Å². The van der Waals surface area contributed by atoms with Crippen molar-refractivity contribution in [1.82, 2.24) is 0 Å². The van der Waals surface area contributed by atoms with Crippen molar-refractivity contribution >= 4 is 24.1 Å². The third-order valence-corrected chi connectivity index (χ3v) is 7.39. The number of ether oxygens (including phenoxy) is 5. The van der Waals surface area contributed by atoms with E-state index in [-0.39, 0.29) is 35.7 Å². The lowest BCUT2D eigenvalue weighted by atomic mass is 9.98. The third kappa shape index (κ3) is 11.7. The van der Waals surface area contributed by atoms with E-state index in [1.54, 1.807) is 47.6 Å². The molecule has 0 amide bonds. The average Bonchev–Trinajstić information content (AvgIpc) is 2.88. The highest BCUT2D eigenvalue weighted by Gasteiger charge is 2.28. The predicted molar refractivity (Wildman–Crippen MR) is 154 cm³/mol. The zero-order chi connectivity index (χ0) is 31.7. The van der Waals surface area contributed by atoms with Gasteiger partial charge in [-0.2, -0.15) is 0 Å². The number of carbonyl (C=O) groups excluding carboxylic acids is 4. The van der Waals surface area contributed by atoms with Crippen molar-refractivity contribution in [3.8, 4) is 11.5 Å². The van der Waals surface area contributed by atoms with Crippen LogP contribution < -0.4 is 15.2 Å². The highest BCUT2D eigenvalue weighted by molar-refractivity contribution is 5.79. The van der Waals surface area contributed by atoms with Crippen molar-refractivity contribution < 1.29 is 42.9 Å². The van der Waals surface area contributed by atoms with Crippen LogP contribution >= 0.6 is 0 Å². The van der Waals surface area contributed by atoms with Gasteiger partial charge in [0, 0.05) is 0 Å². The van der Waals surface area contributed by atoms with E-state index in [2.05, 4.69) is 0 Å². The molecule has 0 aliphatic rings. The molecule has 2 N–H and O–H groups in total. The molecule has 41 heavy (non-hydrogen) atoms. The first-order chi connectivity index (χ1) is 18.9. The second-order valence-electron chi connectivity index (χ2n) is 11.9. The van der Waals surface area contributed by atoms with E-state index in [4.69, 9.17) is 29.4 Å². The van der Waals surface area contributed by atoms with E-state index in [9.17, 15) is 19.2 Å². The summed E-state index contributed by atoms with van der Waals surface area (Å²) in [4.78, 5) is 50.1. The first-order valence-electron chi connectivity index (χ1n) is 14.3. The molecule has 3 unspecified atom stereocenters. The summed E-state index contributed by atoms with van der Waals surface area (Å²) in [6.07, 6.45) is -1.76. The van der Waals surface area contributed by atoms with Gasteiger partial charge in [-0.25, -0.2) is 4.79 Å². The van der Waals surface area contributed by atoms with Crippen LogP contribution in [0.2, 0.25) is 0 Å². The van der Waals surface area contributed by atoms with E-state index in [0.29, 0.717) is 12.0 Å². The second kappa shape index (κ2) is 15.7. The highest BCUT2D eigenvalue weighted by Crippen LogP contribution is 2.31. The topological polar surface area (TPSA) is 140 Å². The summed E-state index contributed by atoms with van der Waals surface area (Å²) in [6.45, 7) is 19.7. The molecule has 0 aliphatic heterocycles. The molecule has 10 nitrogen and oxygen atoms in total. The molecule has 1 aromatic rings. The van der Waals surface area contributed by atoms with E-state index in [0.717, 1.165) is 0 Å². The molecule has 0 saturated heterocycles. The van der Waals surface area contributed by atoms with Gasteiger partial charge in [0.2, 0.25) is 0 Å². The number of carbonyl (C=O) groups is 4. The second-order valence-corrected chi connectivity index (χ2v) is 11.9. The van der Waals surface area contributed by atoms with Gasteiger partial charge in [0.15, 0.2) is 11.5 Å². The molecule has 0 bridgehead atoms. The Morgan fingerprint density at radius 3 is 1.73 bits per heavy atom. The van der Waals surface area contributed by atoms with Crippen LogP contribution in [0.4, 0.5) is 4.79 Å². The Bertz CT molecular complexity index is 1050. The fraction of sp³-hybridized carbons (Fsp3) is 0.677. The minimum absolute atomic E-state index is 0.0363. The first-order valence-corrected chi connectivity index (χ1v) is 14.3. The van der Waals surface area contributed by atoms with Crippen molar-refractivity contribution in [3.63, 3.8) is 0 Å². The van der Waals surface area contributed by atoms with Crippen molar-refractivity contribution in [1.29, 1.82) is 0 Å². The molecule has 1 aromatic carbocycles. The summed E-state index contributed by atoms with van der Waals surface area (Å²) in [6, 6.07) is 3.62. The number of esters is 3. The largest absolute Gasteiger partial charge is 0.509 e. The molecule has 0 fully saturated rings. The molecule has 232 valence electrons. The van der Waals surface area contributed by atoms with Crippen LogP contribution in [0.3, 0.4) is 0 Å². The number of benzene rings is 1. The summed E-state index contributed by atoms with van der Waals surface area (Å²) in [5.74, 6) is -2.14. The van der Waals surface area contributed by atoms with Crippen LogP contribution in [0.5, 0.6) is 11.5 Å². The molecule has 0 heterocycles. The quantitative estimate of drug-likeness (QED) is 0.218. The maximum Gasteiger partial charge on any atom is 0.509 e. The standard InChI is InChI=1S/C31H49NO9/c1-12-31(10,11)41-30(36)38-22(9)21(8)37-29(35)24(32)15-23-13-14-25(39-27(33)19(6)17(2)3)26(16-23)40-28(34)20(7)18(4)5/h13-14,16-22,24H,12,15,32H2,1-11H3/t19?,20?,21-,22?,24-/m0/s1. The molecular weight excluding hydrogens is 530 g/mol. The van der Waals surface area contributed by atoms with Gasteiger partial charge in [0.1, 0.15) is 23.9 Å². The molecule has 5 atom stereocenters. The summed E-state index contributed by atoms with van der Waals surface area (Å²) in [5, 5.41) is 0. The van der Waals surface area contributed by atoms with Crippen LogP contribution in [0, 0.1) is 23.7 Å². The molecular formula is C31H49NO9. The van der Waals surface area contributed by atoms with E-state index in [1.807, 2.05) is 34.6 Å². The summed E-state index contributed by atoms with van der Waals surface area (Å²) in [5.41, 5.74) is 6.01. The normalized spacial score (nSPS) is 15.4. The maximum absolute atomic E-state index is 12.7. The molecule has 0 aliphatic carbocycles. The fourth-order valence-electron chi connectivity index (χ4n) is 3.06. The number of rotatable bonds is 14. The van der Waals surface area contributed by atoms with Crippen LogP contribution in [-0.2, 0) is 35.0 Å². The number of nitrogens with two attached hydrogens (primary N) is 1. The number of hydrogen-bond donors (Lipinski definition) is 1. The van der Waals surface area contributed by atoms with Gasteiger partial charge in [-0.1, -0.05) is 54.5 Å². The van der Waals surface area contributed by atoms with Gasteiger partial charge in [0.25, 0.3) is 0 Å². The summed E-state index contributed by atoms with van der Waals surface area (Å²) < 4.78 is 27.2. The molecule has 1 rings (SSSR count). The zero-order valence-electron chi connectivity index (χ0n) is 26.4. The molecule has 0 saturated carbocycles. The van der Waals surface area contributed by atoms with Gasteiger partial charge >= 0.3 is 24.1 Å². The average molecular weight is 580 g/mol. The molecule has 0 radical (unpaired) electrons. The Balaban J connectivity index is 3.00. The Morgan fingerprint density at radius 1 is 0.756 bits per heavy atom.